The molecule has 0 N–H and O–H groups in total. The molecule has 5 aromatic rings. The SMILES string of the molecule is O=c1c2ccccc2nc2nc(-c3ccccc3)cc(-c3ccccc3)n12. The predicted octanol–water partition coefficient (Wildman–Crippen LogP) is 4.58. The quantitative estimate of drug-likeness (QED) is 0.438. The molecule has 0 aliphatic rings. The smallest absolute Gasteiger partial charge is 0.267 e. The van der Waals surface area contributed by atoms with Crippen molar-refractivity contribution in [3.05, 3.63) is 101 Å². The Morgan fingerprint density at radius 1 is 0.667 bits per heavy atom. The van der Waals surface area contributed by atoms with E-state index in [1.807, 2.05) is 84.9 Å². The van der Waals surface area contributed by atoms with Gasteiger partial charge in [0.2, 0.25) is 5.78 Å². The van der Waals surface area contributed by atoms with Crippen molar-refractivity contribution in [3.63, 3.8) is 0 Å². The Kier molecular flexibility index (Phi) is 3.54. The third-order valence-electron chi connectivity index (χ3n) is 4.63. The van der Waals surface area contributed by atoms with Gasteiger partial charge in [0.25, 0.3) is 5.56 Å². The minimum absolute atomic E-state index is 0.110. The largest absolute Gasteiger partial charge is 0.268 e. The van der Waals surface area contributed by atoms with Gasteiger partial charge in [0.05, 0.1) is 22.3 Å². The van der Waals surface area contributed by atoms with E-state index >= 15 is 0 Å². The van der Waals surface area contributed by atoms with E-state index in [1.54, 1.807) is 10.5 Å². The monoisotopic (exact) mass is 349 g/mol. The maximum absolute atomic E-state index is 13.2. The Morgan fingerprint density at radius 3 is 2.04 bits per heavy atom. The van der Waals surface area contributed by atoms with Crippen molar-refractivity contribution in [1.29, 1.82) is 0 Å². The van der Waals surface area contributed by atoms with Crippen LogP contribution < -0.4 is 5.56 Å². The lowest BCUT2D eigenvalue weighted by atomic mass is 10.1. The van der Waals surface area contributed by atoms with Crippen LogP contribution in [0.3, 0.4) is 0 Å². The first-order valence-electron chi connectivity index (χ1n) is 8.75. The van der Waals surface area contributed by atoms with Gasteiger partial charge in [-0.1, -0.05) is 72.8 Å². The van der Waals surface area contributed by atoms with E-state index in [9.17, 15) is 4.79 Å². The lowest BCUT2D eigenvalue weighted by Gasteiger charge is -2.12. The van der Waals surface area contributed by atoms with E-state index in [0.29, 0.717) is 16.7 Å². The predicted molar refractivity (Wildman–Crippen MR) is 108 cm³/mol. The van der Waals surface area contributed by atoms with Gasteiger partial charge in [0, 0.05) is 5.56 Å². The molecule has 0 atom stereocenters. The average molecular weight is 349 g/mol. The summed E-state index contributed by atoms with van der Waals surface area (Å²) < 4.78 is 1.60. The van der Waals surface area contributed by atoms with E-state index in [4.69, 9.17) is 4.98 Å². The van der Waals surface area contributed by atoms with Crippen molar-refractivity contribution in [2.75, 3.05) is 0 Å². The van der Waals surface area contributed by atoms with Crippen LogP contribution in [0.4, 0.5) is 0 Å². The summed E-state index contributed by atoms with van der Waals surface area (Å²) in [5, 5.41) is 0.585. The van der Waals surface area contributed by atoms with Crippen molar-refractivity contribution in [2.24, 2.45) is 0 Å². The van der Waals surface area contributed by atoms with E-state index in [-0.39, 0.29) is 5.56 Å². The Hall–Kier alpha value is -3.79. The summed E-state index contributed by atoms with van der Waals surface area (Å²) >= 11 is 0. The summed E-state index contributed by atoms with van der Waals surface area (Å²) in [4.78, 5) is 22.6. The molecule has 2 heterocycles. The third kappa shape index (κ3) is 2.59. The molecule has 0 spiro atoms. The molecule has 5 rings (SSSR count). The van der Waals surface area contributed by atoms with E-state index in [2.05, 4.69) is 4.98 Å². The van der Waals surface area contributed by atoms with Crippen LogP contribution in [0.2, 0.25) is 0 Å². The molecule has 4 heteroatoms. The number of hydrogen-bond acceptors (Lipinski definition) is 3. The zero-order valence-electron chi connectivity index (χ0n) is 14.4. The second-order valence-electron chi connectivity index (χ2n) is 6.33. The van der Waals surface area contributed by atoms with Crippen LogP contribution in [0.25, 0.3) is 39.2 Å². The summed E-state index contributed by atoms with van der Waals surface area (Å²) in [6.07, 6.45) is 0. The molecule has 4 nitrogen and oxygen atoms in total. The van der Waals surface area contributed by atoms with Crippen LogP contribution in [-0.4, -0.2) is 14.4 Å². The molecule has 0 aliphatic carbocycles. The van der Waals surface area contributed by atoms with Gasteiger partial charge in [-0.15, -0.1) is 0 Å². The van der Waals surface area contributed by atoms with Crippen molar-refractivity contribution in [2.45, 2.75) is 0 Å². The Labute approximate surface area is 155 Å². The molecular weight excluding hydrogens is 334 g/mol. The number of aromatic nitrogens is 3. The molecule has 0 saturated heterocycles. The van der Waals surface area contributed by atoms with Crippen LogP contribution in [0.15, 0.2) is 95.8 Å². The summed E-state index contributed by atoms with van der Waals surface area (Å²) in [6, 6.07) is 29.1. The highest BCUT2D eigenvalue weighted by Gasteiger charge is 2.14. The van der Waals surface area contributed by atoms with Gasteiger partial charge in [-0.2, -0.15) is 0 Å². The fourth-order valence-electron chi connectivity index (χ4n) is 3.33. The lowest BCUT2D eigenvalue weighted by molar-refractivity contribution is 1.03. The van der Waals surface area contributed by atoms with Crippen LogP contribution >= 0.6 is 0 Å². The van der Waals surface area contributed by atoms with Crippen molar-refractivity contribution in [3.8, 4) is 22.5 Å². The molecule has 0 bridgehead atoms. The van der Waals surface area contributed by atoms with Crippen LogP contribution in [0, 0.1) is 0 Å². The minimum Gasteiger partial charge on any atom is -0.268 e. The first kappa shape index (κ1) is 15.5. The Balaban J connectivity index is 1.94. The van der Waals surface area contributed by atoms with E-state index < -0.39 is 0 Å². The first-order valence-corrected chi connectivity index (χ1v) is 8.75. The van der Waals surface area contributed by atoms with Gasteiger partial charge in [-0.05, 0) is 23.8 Å². The van der Waals surface area contributed by atoms with Crippen molar-refractivity contribution < 1.29 is 0 Å². The number of nitrogens with zero attached hydrogens (tertiary/aromatic N) is 3. The summed E-state index contributed by atoms with van der Waals surface area (Å²) in [6.45, 7) is 0. The molecule has 3 aromatic carbocycles. The van der Waals surface area contributed by atoms with Gasteiger partial charge >= 0.3 is 0 Å². The minimum atomic E-state index is -0.110. The molecule has 0 aliphatic heterocycles. The molecule has 128 valence electrons. The van der Waals surface area contributed by atoms with Gasteiger partial charge in [-0.3, -0.25) is 4.79 Å². The van der Waals surface area contributed by atoms with Crippen LogP contribution in [0.1, 0.15) is 0 Å². The first-order chi connectivity index (χ1) is 13.3. The molecule has 0 amide bonds. The molecule has 0 fully saturated rings. The molecule has 0 saturated carbocycles. The Bertz CT molecular complexity index is 1330. The highest BCUT2D eigenvalue weighted by Crippen LogP contribution is 2.25. The van der Waals surface area contributed by atoms with Gasteiger partial charge in [-0.25, -0.2) is 14.4 Å². The standard InChI is InChI=1S/C23H15N3O/c27-22-18-13-7-8-14-19(18)24-23-25-20(16-9-3-1-4-10-16)15-21(26(22)23)17-11-5-2-6-12-17/h1-15H. The third-order valence-corrected chi connectivity index (χ3v) is 4.63. The molecular formula is C23H15N3O. The van der Waals surface area contributed by atoms with E-state index in [1.165, 1.54) is 0 Å². The number of para-hydroxylation sites is 1. The van der Waals surface area contributed by atoms with Crippen molar-refractivity contribution in [1.82, 2.24) is 14.4 Å². The molecule has 27 heavy (non-hydrogen) atoms. The van der Waals surface area contributed by atoms with E-state index in [0.717, 1.165) is 22.5 Å². The van der Waals surface area contributed by atoms with Gasteiger partial charge < -0.3 is 0 Å². The van der Waals surface area contributed by atoms with Gasteiger partial charge in [0.15, 0.2) is 0 Å². The highest BCUT2D eigenvalue weighted by molar-refractivity contribution is 5.81. The number of hydrogen-bond donors (Lipinski definition) is 0. The second kappa shape index (κ2) is 6.18. The molecule has 0 radical (unpaired) electrons. The average Bonchev–Trinajstić information content (AvgIpc) is 2.74. The maximum Gasteiger partial charge on any atom is 0.267 e. The highest BCUT2D eigenvalue weighted by atomic mass is 16.1. The summed E-state index contributed by atoms with van der Waals surface area (Å²) in [7, 11) is 0. The normalized spacial score (nSPS) is 11.1. The second-order valence-corrected chi connectivity index (χ2v) is 6.33. The van der Waals surface area contributed by atoms with Crippen LogP contribution in [-0.2, 0) is 0 Å². The number of rotatable bonds is 2. The summed E-state index contributed by atoms with van der Waals surface area (Å²) in [5.74, 6) is 0.402. The zero-order valence-corrected chi connectivity index (χ0v) is 14.4. The fourth-order valence-corrected chi connectivity index (χ4v) is 3.33. The molecule has 2 aromatic heterocycles. The molecule has 0 unspecified atom stereocenters. The number of fused-ring (bicyclic) bond motifs is 2. The van der Waals surface area contributed by atoms with Gasteiger partial charge in [0.1, 0.15) is 0 Å². The lowest BCUT2D eigenvalue weighted by Crippen LogP contribution is -2.18. The topological polar surface area (TPSA) is 47.3 Å². The summed E-state index contributed by atoms with van der Waals surface area (Å²) in [5.41, 5.74) is 4.04. The maximum atomic E-state index is 13.2. The Morgan fingerprint density at radius 2 is 1.30 bits per heavy atom. The van der Waals surface area contributed by atoms with Crippen LogP contribution in [0.5, 0.6) is 0 Å². The fraction of sp³-hybridized carbons (Fsp3) is 0. The number of benzene rings is 3. The zero-order chi connectivity index (χ0) is 18.2. The van der Waals surface area contributed by atoms with Crippen molar-refractivity contribution >= 4 is 16.7 Å².